The summed E-state index contributed by atoms with van der Waals surface area (Å²) in [4.78, 5) is 42.9. The number of para-hydroxylation sites is 1. The summed E-state index contributed by atoms with van der Waals surface area (Å²) in [6.45, 7) is 4.62. The van der Waals surface area contributed by atoms with Crippen molar-refractivity contribution < 1.29 is 19.1 Å². The molecule has 0 atom stereocenters. The number of anilines is 1. The summed E-state index contributed by atoms with van der Waals surface area (Å²) >= 11 is 0. The predicted octanol–water partition coefficient (Wildman–Crippen LogP) is 3.38. The molecule has 0 unspecified atom stereocenters. The van der Waals surface area contributed by atoms with E-state index in [1.807, 2.05) is 0 Å². The van der Waals surface area contributed by atoms with Crippen molar-refractivity contribution >= 4 is 23.5 Å². The molecule has 0 aliphatic heterocycles. The maximum absolute atomic E-state index is 12.6. The highest BCUT2D eigenvalue weighted by Gasteiger charge is 2.18. The first-order valence-corrected chi connectivity index (χ1v) is 9.28. The number of hydrogen-bond acceptors (Lipinski definition) is 5. The van der Waals surface area contributed by atoms with Crippen LogP contribution in [0.25, 0.3) is 0 Å². The number of carbonyl (C=O) groups excluding carboxylic acids is 3. The van der Waals surface area contributed by atoms with E-state index in [1.54, 1.807) is 55.3 Å². The predicted molar refractivity (Wildman–Crippen MR) is 106 cm³/mol. The van der Waals surface area contributed by atoms with Crippen molar-refractivity contribution in [3.8, 4) is 0 Å². The molecular formula is C21H25N3O4. The summed E-state index contributed by atoms with van der Waals surface area (Å²) in [5.41, 5.74) is 0.868. The second-order valence-electron chi connectivity index (χ2n) is 6.21. The molecule has 0 saturated heterocycles. The summed E-state index contributed by atoms with van der Waals surface area (Å²) in [5.74, 6) is -1.27. The van der Waals surface area contributed by atoms with Crippen LogP contribution in [0.15, 0.2) is 42.5 Å². The summed E-state index contributed by atoms with van der Waals surface area (Å²) in [5, 5.41) is 2.67. The van der Waals surface area contributed by atoms with E-state index in [-0.39, 0.29) is 29.5 Å². The zero-order chi connectivity index (χ0) is 20.5. The third kappa shape index (κ3) is 5.39. The Hall–Kier alpha value is -3.22. The first kappa shape index (κ1) is 21.1. The molecule has 2 rings (SSSR count). The lowest BCUT2D eigenvalue weighted by molar-refractivity contribution is 0.0527. The number of nitrogens with zero attached hydrogens (tertiary/aromatic N) is 2. The molecule has 1 N–H and O–H groups in total. The van der Waals surface area contributed by atoms with Crippen LogP contribution in [-0.2, 0) is 4.74 Å². The van der Waals surface area contributed by atoms with E-state index in [2.05, 4.69) is 17.2 Å². The Morgan fingerprint density at radius 2 is 1.75 bits per heavy atom. The maximum atomic E-state index is 12.6. The lowest BCUT2D eigenvalue weighted by Crippen LogP contribution is -2.29. The van der Waals surface area contributed by atoms with Gasteiger partial charge in [-0.25, -0.2) is 9.78 Å². The number of carbonyl (C=O) groups is 3. The SMILES string of the molecule is CCCCN(C)C(=O)c1cccc(C(=O)Nc2ccccc2C(=O)OCC)n1. The van der Waals surface area contributed by atoms with Gasteiger partial charge in [0.25, 0.3) is 11.8 Å². The van der Waals surface area contributed by atoms with Crippen molar-refractivity contribution in [1.82, 2.24) is 9.88 Å². The topological polar surface area (TPSA) is 88.6 Å². The van der Waals surface area contributed by atoms with Crippen LogP contribution in [-0.4, -0.2) is 47.9 Å². The van der Waals surface area contributed by atoms with Crippen molar-refractivity contribution in [2.24, 2.45) is 0 Å². The summed E-state index contributed by atoms with van der Waals surface area (Å²) < 4.78 is 5.01. The number of pyridine rings is 1. The van der Waals surface area contributed by atoms with Gasteiger partial charge >= 0.3 is 5.97 Å². The number of hydrogen-bond donors (Lipinski definition) is 1. The average molecular weight is 383 g/mol. The van der Waals surface area contributed by atoms with Gasteiger partial charge < -0.3 is 15.0 Å². The number of esters is 1. The number of unbranched alkanes of at least 4 members (excludes halogenated alkanes) is 1. The van der Waals surface area contributed by atoms with Gasteiger partial charge in [-0.15, -0.1) is 0 Å². The number of nitrogens with one attached hydrogen (secondary N) is 1. The highest BCUT2D eigenvalue weighted by Crippen LogP contribution is 2.17. The van der Waals surface area contributed by atoms with Crippen LogP contribution in [0, 0.1) is 0 Å². The minimum Gasteiger partial charge on any atom is -0.462 e. The third-order valence-electron chi connectivity index (χ3n) is 4.07. The molecule has 0 aliphatic rings. The van der Waals surface area contributed by atoms with Crippen molar-refractivity contribution in [1.29, 1.82) is 0 Å². The third-order valence-corrected chi connectivity index (χ3v) is 4.07. The van der Waals surface area contributed by atoms with Crippen LogP contribution in [0.5, 0.6) is 0 Å². The van der Waals surface area contributed by atoms with Crippen molar-refractivity contribution in [3.63, 3.8) is 0 Å². The standard InChI is InChI=1S/C21H25N3O4/c1-4-6-14-24(3)20(26)18-13-9-12-17(22-18)19(25)23-16-11-8-7-10-15(16)21(27)28-5-2/h7-13H,4-6,14H2,1-3H3,(H,23,25). The zero-order valence-electron chi connectivity index (χ0n) is 16.4. The smallest absolute Gasteiger partial charge is 0.340 e. The van der Waals surface area contributed by atoms with Crippen molar-refractivity contribution in [3.05, 3.63) is 59.4 Å². The van der Waals surface area contributed by atoms with Gasteiger partial charge in [-0.1, -0.05) is 31.5 Å². The van der Waals surface area contributed by atoms with Gasteiger partial charge in [-0.05, 0) is 37.6 Å². The quantitative estimate of drug-likeness (QED) is 0.706. The molecule has 1 aromatic heterocycles. The Morgan fingerprint density at radius 3 is 2.46 bits per heavy atom. The van der Waals surface area contributed by atoms with Crippen molar-refractivity contribution in [2.75, 3.05) is 25.5 Å². The fourth-order valence-electron chi connectivity index (χ4n) is 2.54. The monoisotopic (exact) mass is 383 g/mol. The minimum absolute atomic E-state index is 0.0911. The normalized spacial score (nSPS) is 10.2. The summed E-state index contributed by atoms with van der Waals surface area (Å²) in [6, 6.07) is 11.3. The molecule has 7 nitrogen and oxygen atoms in total. The van der Waals surface area contributed by atoms with Gasteiger partial charge in [0.15, 0.2) is 0 Å². The Balaban J connectivity index is 2.18. The molecule has 28 heavy (non-hydrogen) atoms. The molecule has 0 fully saturated rings. The van der Waals surface area contributed by atoms with Crippen LogP contribution >= 0.6 is 0 Å². The van der Waals surface area contributed by atoms with Gasteiger partial charge in [-0.2, -0.15) is 0 Å². The molecule has 148 valence electrons. The van der Waals surface area contributed by atoms with Gasteiger partial charge in [-0.3, -0.25) is 9.59 Å². The van der Waals surface area contributed by atoms with E-state index in [9.17, 15) is 14.4 Å². The fraction of sp³-hybridized carbons (Fsp3) is 0.333. The molecule has 0 saturated carbocycles. The number of aromatic nitrogens is 1. The van der Waals surface area contributed by atoms with Crippen molar-refractivity contribution in [2.45, 2.75) is 26.7 Å². The Bertz CT molecular complexity index is 851. The lowest BCUT2D eigenvalue weighted by atomic mass is 10.1. The van der Waals surface area contributed by atoms with E-state index >= 15 is 0 Å². The molecular weight excluding hydrogens is 358 g/mol. The fourth-order valence-corrected chi connectivity index (χ4v) is 2.54. The Kier molecular flexibility index (Phi) is 7.68. The van der Waals surface area contributed by atoms with Crippen LogP contribution in [0.3, 0.4) is 0 Å². The van der Waals surface area contributed by atoms with E-state index in [1.165, 1.54) is 6.07 Å². The molecule has 2 amide bonds. The number of rotatable bonds is 8. The summed E-state index contributed by atoms with van der Waals surface area (Å²) in [6.07, 6.45) is 1.88. The van der Waals surface area contributed by atoms with E-state index in [0.29, 0.717) is 12.2 Å². The van der Waals surface area contributed by atoms with Crippen LogP contribution in [0.4, 0.5) is 5.69 Å². The highest BCUT2D eigenvalue weighted by molar-refractivity contribution is 6.07. The molecule has 0 bridgehead atoms. The van der Waals surface area contributed by atoms with Gasteiger partial charge in [0.2, 0.25) is 0 Å². The molecule has 1 heterocycles. The Labute approximate surface area is 164 Å². The molecule has 0 spiro atoms. The van der Waals surface area contributed by atoms with Gasteiger partial charge in [0.05, 0.1) is 17.9 Å². The first-order chi connectivity index (χ1) is 13.5. The molecule has 2 aromatic rings. The van der Waals surface area contributed by atoms with Crippen LogP contribution in [0.2, 0.25) is 0 Å². The summed E-state index contributed by atoms with van der Waals surface area (Å²) in [7, 11) is 1.71. The molecule has 7 heteroatoms. The van der Waals surface area contributed by atoms with Gasteiger partial charge in [0, 0.05) is 13.6 Å². The molecule has 1 aromatic carbocycles. The van der Waals surface area contributed by atoms with Gasteiger partial charge in [0.1, 0.15) is 11.4 Å². The Morgan fingerprint density at radius 1 is 1.04 bits per heavy atom. The van der Waals surface area contributed by atoms with E-state index < -0.39 is 11.9 Å². The number of benzene rings is 1. The average Bonchev–Trinajstić information content (AvgIpc) is 2.72. The molecule has 0 radical (unpaired) electrons. The van der Waals surface area contributed by atoms with E-state index in [4.69, 9.17) is 4.74 Å². The molecule has 0 aliphatic carbocycles. The minimum atomic E-state index is -0.521. The van der Waals surface area contributed by atoms with E-state index in [0.717, 1.165) is 12.8 Å². The van der Waals surface area contributed by atoms with Crippen LogP contribution in [0.1, 0.15) is 58.0 Å². The zero-order valence-corrected chi connectivity index (χ0v) is 16.4. The number of ether oxygens (including phenoxy) is 1. The number of amides is 2. The van der Waals surface area contributed by atoms with Crippen LogP contribution < -0.4 is 5.32 Å². The first-order valence-electron chi connectivity index (χ1n) is 9.28. The largest absolute Gasteiger partial charge is 0.462 e. The second-order valence-corrected chi connectivity index (χ2v) is 6.21. The lowest BCUT2D eigenvalue weighted by Gasteiger charge is -2.16. The maximum Gasteiger partial charge on any atom is 0.340 e. The second kappa shape index (κ2) is 10.2. The highest BCUT2D eigenvalue weighted by atomic mass is 16.5.